The van der Waals surface area contributed by atoms with Gasteiger partial charge in [0, 0.05) is 17.5 Å². The molecule has 4 heteroatoms. The van der Waals surface area contributed by atoms with E-state index in [0.717, 1.165) is 23.7 Å². The molecular formula is C12H23N3S. The van der Waals surface area contributed by atoms with Crippen LogP contribution in [0.1, 0.15) is 50.9 Å². The third kappa shape index (κ3) is 3.27. The topological polar surface area (TPSA) is 42.1 Å². The fourth-order valence-corrected chi connectivity index (χ4v) is 2.10. The van der Waals surface area contributed by atoms with Crippen LogP contribution in [-0.2, 0) is 6.54 Å². The first kappa shape index (κ1) is 13.6. The normalized spacial score (nSPS) is 14.4. The highest BCUT2D eigenvalue weighted by molar-refractivity contribution is 7.09. The number of hydrogen-bond donors (Lipinski definition) is 1. The molecule has 16 heavy (non-hydrogen) atoms. The van der Waals surface area contributed by atoms with Gasteiger partial charge in [-0.2, -0.15) is 0 Å². The van der Waals surface area contributed by atoms with E-state index in [4.69, 9.17) is 5.73 Å². The maximum atomic E-state index is 5.80. The van der Waals surface area contributed by atoms with Crippen LogP contribution < -0.4 is 5.73 Å². The van der Waals surface area contributed by atoms with Gasteiger partial charge in [-0.05, 0) is 34.2 Å². The Balaban J connectivity index is 2.66. The van der Waals surface area contributed by atoms with E-state index in [1.54, 1.807) is 11.3 Å². The molecule has 0 fully saturated rings. The van der Waals surface area contributed by atoms with Gasteiger partial charge >= 0.3 is 0 Å². The lowest BCUT2D eigenvalue weighted by Crippen LogP contribution is -2.39. The van der Waals surface area contributed by atoms with Gasteiger partial charge in [0.15, 0.2) is 0 Å². The van der Waals surface area contributed by atoms with E-state index >= 15 is 0 Å². The third-order valence-electron chi connectivity index (χ3n) is 3.26. The van der Waals surface area contributed by atoms with E-state index in [2.05, 4.69) is 43.1 Å². The lowest BCUT2D eigenvalue weighted by molar-refractivity contribution is 0.141. The van der Waals surface area contributed by atoms with Crippen LogP contribution in [0.15, 0.2) is 5.38 Å². The molecule has 1 unspecified atom stereocenters. The van der Waals surface area contributed by atoms with E-state index in [0.29, 0.717) is 0 Å². The van der Waals surface area contributed by atoms with Crippen LogP contribution in [0, 0.1) is 0 Å². The fourth-order valence-electron chi connectivity index (χ4n) is 1.33. The summed E-state index contributed by atoms with van der Waals surface area (Å²) in [5.74, 6) is 0. The smallest absolute Gasteiger partial charge is 0.109 e. The summed E-state index contributed by atoms with van der Waals surface area (Å²) in [6.07, 6.45) is 1.13. The van der Waals surface area contributed by atoms with Crippen molar-refractivity contribution >= 4 is 11.3 Å². The van der Waals surface area contributed by atoms with Gasteiger partial charge in [-0.25, -0.2) is 4.98 Å². The average Bonchev–Trinajstić information content (AvgIpc) is 2.66. The minimum atomic E-state index is 0.0447. The predicted octanol–water partition coefficient (Wildman–Crippen LogP) is 2.78. The van der Waals surface area contributed by atoms with Crippen molar-refractivity contribution in [2.24, 2.45) is 5.73 Å². The van der Waals surface area contributed by atoms with Crippen LogP contribution in [0.2, 0.25) is 0 Å². The Bertz CT molecular complexity index is 331. The number of nitrogens with zero attached hydrogens (tertiary/aromatic N) is 2. The van der Waals surface area contributed by atoms with Crippen molar-refractivity contribution < 1.29 is 0 Å². The van der Waals surface area contributed by atoms with Crippen molar-refractivity contribution in [1.82, 2.24) is 9.88 Å². The molecule has 92 valence electrons. The zero-order chi connectivity index (χ0) is 12.3. The maximum Gasteiger partial charge on any atom is 0.109 e. The molecule has 1 aromatic rings. The highest BCUT2D eigenvalue weighted by atomic mass is 32.1. The van der Waals surface area contributed by atoms with Crippen LogP contribution >= 0.6 is 11.3 Å². The molecular weight excluding hydrogens is 218 g/mol. The molecule has 0 saturated carbocycles. The van der Waals surface area contributed by atoms with Crippen LogP contribution in [0.25, 0.3) is 0 Å². The van der Waals surface area contributed by atoms with E-state index < -0.39 is 0 Å². The largest absolute Gasteiger partial charge is 0.322 e. The highest BCUT2D eigenvalue weighted by Gasteiger charge is 2.21. The molecule has 0 radical (unpaired) electrons. The van der Waals surface area contributed by atoms with E-state index in [1.165, 1.54) is 0 Å². The predicted molar refractivity (Wildman–Crippen MR) is 70.6 cm³/mol. The van der Waals surface area contributed by atoms with Gasteiger partial charge in [0.25, 0.3) is 0 Å². The molecule has 2 N–H and O–H groups in total. The van der Waals surface area contributed by atoms with Gasteiger partial charge in [-0.3, -0.25) is 4.90 Å². The van der Waals surface area contributed by atoms with Crippen LogP contribution in [-0.4, -0.2) is 22.5 Å². The molecule has 0 saturated heterocycles. The summed E-state index contributed by atoms with van der Waals surface area (Å²) in [7, 11) is 2.15. The summed E-state index contributed by atoms with van der Waals surface area (Å²) in [6.45, 7) is 9.59. The Morgan fingerprint density at radius 2 is 2.19 bits per heavy atom. The molecule has 0 aromatic carbocycles. The summed E-state index contributed by atoms with van der Waals surface area (Å²) in [5, 5.41) is 3.14. The van der Waals surface area contributed by atoms with Crippen molar-refractivity contribution in [3.63, 3.8) is 0 Å². The summed E-state index contributed by atoms with van der Waals surface area (Å²) in [6, 6.07) is 0.0447. The zero-order valence-corrected chi connectivity index (χ0v) is 11.8. The first-order chi connectivity index (χ1) is 7.36. The van der Waals surface area contributed by atoms with Crippen molar-refractivity contribution in [2.45, 2.75) is 52.2 Å². The average molecular weight is 241 g/mol. The Morgan fingerprint density at radius 1 is 1.56 bits per heavy atom. The zero-order valence-electron chi connectivity index (χ0n) is 10.9. The molecule has 1 aromatic heterocycles. The molecule has 3 nitrogen and oxygen atoms in total. The number of thiazole rings is 1. The van der Waals surface area contributed by atoms with E-state index in [9.17, 15) is 0 Å². The van der Waals surface area contributed by atoms with Gasteiger partial charge in [-0.1, -0.05) is 6.92 Å². The standard InChI is InChI=1S/C12H23N3S/c1-6-12(3,4)15(5)7-10-8-16-11(14-10)9(2)13/h8-9H,6-7,13H2,1-5H3. The van der Waals surface area contributed by atoms with Crippen molar-refractivity contribution in [2.75, 3.05) is 7.05 Å². The summed E-state index contributed by atoms with van der Waals surface area (Å²) < 4.78 is 0. The maximum absolute atomic E-state index is 5.80. The molecule has 0 aliphatic rings. The fraction of sp³-hybridized carbons (Fsp3) is 0.750. The lowest BCUT2D eigenvalue weighted by atomic mass is 10.00. The Morgan fingerprint density at radius 3 is 2.62 bits per heavy atom. The Labute approximate surface area is 103 Å². The number of hydrogen-bond acceptors (Lipinski definition) is 4. The van der Waals surface area contributed by atoms with Crippen LogP contribution in [0.3, 0.4) is 0 Å². The molecule has 1 rings (SSSR count). The van der Waals surface area contributed by atoms with Crippen LogP contribution in [0.4, 0.5) is 0 Å². The summed E-state index contributed by atoms with van der Waals surface area (Å²) >= 11 is 1.66. The SMILES string of the molecule is CCC(C)(C)N(C)Cc1csc(C(C)N)n1. The van der Waals surface area contributed by atoms with E-state index in [-0.39, 0.29) is 11.6 Å². The molecule has 0 aliphatic carbocycles. The van der Waals surface area contributed by atoms with Crippen LogP contribution in [0.5, 0.6) is 0 Å². The molecule has 0 amide bonds. The van der Waals surface area contributed by atoms with Gasteiger partial charge in [0.05, 0.1) is 11.7 Å². The molecule has 1 heterocycles. The lowest BCUT2D eigenvalue weighted by Gasteiger charge is -2.34. The van der Waals surface area contributed by atoms with Gasteiger partial charge in [0.1, 0.15) is 5.01 Å². The van der Waals surface area contributed by atoms with E-state index in [1.807, 2.05) is 6.92 Å². The molecule has 0 spiro atoms. The van der Waals surface area contributed by atoms with Crippen molar-refractivity contribution in [3.8, 4) is 0 Å². The Kier molecular flexibility index (Phi) is 4.47. The number of aromatic nitrogens is 1. The quantitative estimate of drug-likeness (QED) is 0.862. The monoisotopic (exact) mass is 241 g/mol. The van der Waals surface area contributed by atoms with Gasteiger partial charge in [0.2, 0.25) is 0 Å². The van der Waals surface area contributed by atoms with Gasteiger partial charge < -0.3 is 5.73 Å². The number of rotatable bonds is 5. The second-order valence-electron chi connectivity index (χ2n) is 4.99. The first-order valence-corrected chi connectivity index (χ1v) is 6.66. The second kappa shape index (κ2) is 5.25. The Hall–Kier alpha value is -0.450. The molecule has 1 atom stereocenters. The highest BCUT2D eigenvalue weighted by Crippen LogP contribution is 2.21. The third-order valence-corrected chi connectivity index (χ3v) is 4.35. The second-order valence-corrected chi connectivity index (χ2v) is 5.88. The summed E-state index contributed by atoms with van der Waals surface area (Å²) in [5.41, 5.74) is 7.15. The minimum absolute atomic E-state index is 0.0447. The van der Waals surface area contributed by atoms with Gasteiger partial charge in [-0.15, -0.1) is 11.3 Å². The first-order valence-electron chi connectivity index (χ1n) is 5.78. The summed E-state index contributed by atoms with van der Waals surface area (Å²) in [4.78, 5) is 6.89. The molecule has 0 aliphatic heterocycles. The number of nitrogens with two attached hydrogens (primary N) is 1. The minimum Gasteiger partial charge on any atom is -0.322 e. The van der Waals surface area contributed by atoms with Crippen molar-refractivity contribution in [1.29, 1.82) is 0 Å². The molecule has 0 bridgehead atoms. The van der Waals surface area contributed by atoms with Crippen molar-refractivity contribution in [3.05, 3.63) is 16.1 Å².